The number of hydrogen-bond donors (Lipinski definition) is 0. The monoisotopic (exact) mass is 202 g/mol. The highest BCUT2D eigenvalue weighted by Crippen LogP contribution is 2.01. The van der Waals surface area contributed by atoms with Gasteiger partial charge in [-0.1, -0.05) is 30.4 Å². The van der Waals surface area contributed by atoms with Gasteiger partial charge in [-0.15, -0.1) is 0 Å². The SMILES string of the molecule is O=CCCC=CC=CC=Cc1ccco1. The maximum absolute atomic E-state index is 10.00. The summed E-state index contributed by atoms with van der Waals surface area (Å²) in [5, 5.41) is 0. The molecule has 1 rings (SSSR count). The van der Waals surface area contributed by atoms with Crippen molar-refractivity contribution in [3.05, 3.63) is 54.5 Å². The van der Waals surface area contributed by atoms with E-state index in [1.165, 1.54) is 0 Å². The minimum absolute atomic E-state index is 0.590. The van der Waals surface area contributed by atoms with Crippen molar-refractivity contribution >= 4 is 12.4 Å². The van der Waals surface area contributed by atoms with Crippen LogP contribution in [0.1, 0.15) is 18.6 Å². The summed E-state index contributed by atoms with van der Waals surface area (Å²) < 4.78 is 5.12. The highest BCUT2D eigenvalue weighted by molar-refractivity contribution is 5.49. The highest BCUT2D eigenvalue weighted by atomic mass is 16.3. The molecule has 1 aromatic rings. The smallest absolute Gasteiger partial charge is 0.126 e. The molecule has 0 aliphatic heterocycles. The second-order valence-electron chi connectivity index (χ2n) is 2.93. The zero-order valence-electron chi connectivity index (χ0n) is 8.50. The van der Waals surface area contributed by atoms with Gasteiger partial charge in [0, 0.05) is 6.42 Å². The number of hydrogen-bond acceptors (Lipinski definition) is 2. The summed E-state index contributed by atoms with van der Waals surface area (Å²) in [6, 6.07) is 3.74. The fourth-order valence-corrected chi connectivity index (χ4v) is 1.00. The minimum atomic E-state index is 0.590. The molecule has 1 heterocycles. The van der Waals surface area contributed by atoms with Gasteiger partial charge in [0.15, 0.2) is 0 Å². The number of carbonyl (C=O) groups is 1. The Kier molecular flexibility index (Phi) is 5.67. The molecule has 0 N–H and O–H groups in total. The van der Waals surface area contributed by atoms with Gasteiger partial charge in [0.1, 0.15) is 12.0 Å². The van der Waals surface area contributed by atoms with Gasteiger partial charge < -0.3 is 9.21 Å². The third kappa shape index (κ3) is 5.47. The standard InChI is InChI=1S/C13H14O2/c14-11-7-5-3-1-2-4-6-9-13-10-8-12-15-13/h1-4,6,8-12H,5,7H2. The van der Waals surface area contributed by atoms with E-state index in [-0.39, 0.29) is 0 Å². The second-order valence-corrected chi connectivity index (χ2v) is 2.93. The summed E-state index contributed by atoms with van der Waals surface area (Å²) in [6.45, 7) is 0. The molecule has 0 bridgehead atoms. The van der Waals surface area contributed by atoms with Crippen molar-refractivity contribution in [1.29, 1.82) is 0 Å². The van der Waals surface area contributed by atoms with Crippen molar-refractivity contribution in [2.24, 2.45) is 0 Å². The molecule has 0 radical (unpaired) electrons. The predicted octanol–water partition coefficient (Wildman–Crippen LogP) is 3.38. The molecule has 0 aromatic carbocycles. The Labute approximate surface area is 89.6 Å². The van der Waals surface area contributed by atoms with Gasteiger partial charge >= 0.3 is 0 Å². The summed E-state index contributed by atoms with van der Waals surface area (Å²) in [5.74, 6) is 0.838. The Balaban J connectivity index is 2.21. The third-order valence-electron chi connectivity index (χ3n) is 1.72. The maximum Gasteiger partial charge on any atom is 0.126 e. The van der Waals surface area contributed by atoms with E-state index >= 15 is 0 Å². The molecule has 78 valence electrons. The maximum atomic E-state index is 10.00. The quantitative estimate of drug-likeness (QED) is 0.402. The van der Waals surface area contributed by atoms with Crippen LogP contribution in [-0.2, 0) is 4.79 Å². The Hall–Kier alpha value is -1.83. The van der Waals surface area contributed by atoms with E-state index in [0.29, 0.717) is 6.42 Å². The van der Waals surface area contributed by atoms with Crippen LogP contribution in [0.2, 0.25) is 0 Å². The molecule has 15 heavy (non-hydrogen) atoms. The van der Waals surface area contributed by atoms with Crippen LogP contribution in [0.25, 0.3) is 6.08 Å². The van der Waals surface area contributed by atoms with Crippen LogP contribution in [-0.4, -0.2) is 6.29 Å². The van der Waals surface area contributed by atoms with Crippen molar-refractivity contribution < 1.29 is 9.21 Å². The minimum Gasteiger partial charge on any atom is -0.465 e. The summed E-state index contributed by atoms with van der Waals surface area (Å²) in [5.41, 5.74) is 0. The first-order valence-corrected chi connectivity index (χ1v) is 4.90. The lowest BCUT2D eigenvalue weighted by Crippen LogP contribution is -1.68. The van der Waals surface area contributed by atoms with E-state index in [4.69, 9.17) is 4.42 Å². The summed E-state index contributed by atoms with van der Waals surface area (Å²) in [6.07, 6.45) is 15.5. The molecule has 0 fully saturated rings. The van der Waals surface area contributed by atoms with Gasteiger partial charge in [0.2, 0.25) is 0 Å². The Bertz CT molecular complexity index is 343. The van der Waals surface area contributed by atoms with E-state index in [0.717, 1.165) is 18.5 Å². The second kappa shape index (κ2) is 7.56. The number of rotatable bonds is 6. The summed E-state index contributed by atoms with van der Waals surface area (Å²) >= 11 is 0. The summed E-state index contributed by atoms with van der Waals surface area (Å²) in [7, 11) is 0. The fourth-order valence-electron chi connectivity index (χ4n) is 1.00. The largest absolute Gasteiger partial charge is 0.465 e. The van der Waals surface area contributed by atoms with E-state index in [2.05, 4.69) is 0 Å². The number of furan rings is 1. The van der Waals surface area contributed by atoms with Gasteiger partial charge in [-0.3, -0.25) is 0 Å². The van der Waals surface area contributed by atoms with Crippen LogP contribution in [0.3, 0.4) is 0 Å². The lowest BCUT2D eigenvalue weighted by molar-refractivity contribution is -0.107. The number of carbonyl (C=O) groups excluding carboxylic acids is 1. The first-order chi connectivity index (χ1) is 7.43. The van der Waals surface area contributed by atoms with E-state index in [1.54, 1.807) is 6.26 Å². The van der Waals surface area contributed by atoms with Crippen LogP contribution in [0.4, 0.5) is 0 Å². The normalized spacial score (nSPS) is 12.0. The predicted molar refractivity (Wildman–Crippen MR) is 61.3 cm³/mol. The molecule has 0 unspecified atom stereocenters. The average molecular weight is 202 g/mol. The molecule has 0 saturated carbocycles. The van der Waals surface area contributed by atoms with Gasteiger partial charge in [0.25, 0.3) is 0 Å². The van der Waals surface area contributed by atoms with Gasteiger partial charge in [-0.2, -0.15) is 0 Å². The first-order valence-electron chi connectivity index (χ1n) is 4.90. The molecule has 0 atom stereocenters. The number of aldehydes is 1. The Morgan fingerprint density at radius 3 is 2.73 bits per heavy atom. The van der Waals surface area contributed by atoms with Gasteiger partial charge in [-0.25, -0.2) is 0 Å². The van der Waals surface area contributed by atoms with E-state index in [1.807, 2.05) is 48.6 Å². The van der Waals surface area contributed by atoms with Crippen LogP contribution in [0, 0.1) is 0 Å². The zero-order chi connectivity index (χ0) is 10.8. The van der Waals surface area contributed by atoms with Crippen molar-refractivity contribution in [2.45, 2.75) is 12.8 Å². The summed E-state index contributed by atoms with van der Waals surface area (Å²) in [4.78, 5) is 10.00. The topological polar surface area (TPSA) is 30.2 Å². The molecule has 0 amide bonds. The van der Waals surface area contributed by atoms with Gasteiger partial charge in [0.05, 0.1) is 6.26 Å². The van der Waals surface area contributed by atoms with Crippen molar-refractivity contribution in [3.63, 3.8) is 0 Å². The Morgan fingerprint density at radius 1 is 1.13 bits per heavy atom. The van der Waals surface area contributed by atoms with E-state index in [9.17, 15) is 4.79 Å². The van der Waals surface area contributed by atoms with Crippen molar-refractivity contribution in [3.8, 4) is 0 Å². The molecule has 0 saturated heterocycles. The molecule has 0 aliphatic rings. The Morgan fingerprint density at radius 2 is 2.00 bits per heavy atom. The van der Waals surface area contributed by atoms with E-state index < -0.39 is 0 Å². The first kappa shape index (κ1) is 11.2. The average Bonchev–Trinajstić information content (AvgIpc) is 2.75. The number of allylic oxidation sites excluding steroid dienone is 5. The van der Waals surface area contributed by atoms with Crippen molar-refractivity contribution in [2.75, 3.05) is 0 Å². The van der Waals surface area contributed by atoms with Crippen LogP contribution >= 0.6 is 0 Å². The zero-order valence-corrected chi connectivity index (χ0v) is 8.50. The van der Waals surface area contributed by atoms with Gasteiger partial charge in [-0.05, 0) is 24.6 Å². The highest BCUT2D eigenvalue weighted by Gasteiger charge is 1.83. The lowest BCUT2D eigenvalue weighted by Gasteiger charge is -1.80. The molecule has 0 aliphatic carbocycles. The molecule has 1 aromatic heterocycles. The van der Waals surface area contributed by atoms with Crippen LogP contribution in [0.5, 0.6) is 0 Å². The molecule has 2 heteroatoms. The van der Waals surface area contributed by atoms with Crippen molar-refractivity contribution in [1.82, 2.24) is 0 Å². The van der Waals surface area contributed by atoms with Crippen LogP contribution < -0.4 is 0 Å². The lowest BCUT2D eigenvalue weighted by atomic mass is 10.3. The molecular formula is C13H14O2. The molecular weight excluding hydrogens is 188 g/mol. The molecule has 0 spiro atoms. The number of unbranched alkanes of at least 4 members (excludes halogenated alkanes) is 1. The third-order valence-corrected chi connectivity index (χ3v) is 1.72. The fraction of sp³-hybridized carbons (Fsp3) is 0.154. The molecule has 2 nitrogen and oxygen atoms in total. The van der Waals surface area contributed by atoms with Crippen LogP contribution in [0.15, 0.2) is 53.2 Å².